The molecular weight excluding hydrogens is 767 g/mol. The van der Waals surface area contributed by atoms with E-state index in [0.29, 0.717) is 19.4 Å². The number of unbranched alkanes of at least 4 members (excludes halogenated alkanes) is 32. The van der Waals surface area contributed by atoms with Crippen molar-refractivity contribution in [1.82, 2.24) is 5.32 Å². The Kier molecular flexibility index (Phi) is 49.6. The molecule has 0 saturated heterocycles. The summed E-state index contributed by atoms with van der Waals surface area (Å²) in [5.41, 5.74) is 0. The number of amides is 1. The number of aliphatic hydroxyl groups excluding tert-OH is 2. The van der Waals surface area contributed by atoms with E-state index < -0.39 is 12.1 Å². The van der Waals surface area contributed by atoms with Crippen LogP contribution in [0.2, 0.25) is 0 Å². The smallest absolute Gasteiger partial charge is 0.305 e. The highest BCUT2D eigenvalue weighted by molar-refractivity contribution is 5.76. The van der Waals surface area contributed by atoms with E-state index in [9.17, 15) is 19.8 Å². The minimum atomic E-state index is -0.862. The lowest BCUT2D eigenvalue weighted by Gasteiger charge is -2.20. The SMILES string of the molecule is CCCCCC/C=C\C/C=C\CCCCCCCC(=O)OCCCCC/C=C\CCCCCCCC(=O)NC(CO)C(O)/C=C/CCCCCCCCCCCCCCCCC. The fourth-order valence-electron chi connectivity index (χ4n) is 7.89. The Hall–Kier alpha value is -2.18. The van der Waals surface area contributed by atoms with Crippen molar-refractivity contribution >= 4 is 11.9 Å². The quantitative estimate of drug-likeness (QED) is 0.0322. The highest BCUT2D eigenvalue weighted by atomic mass is 16.5. The van der Waals surface area contributed by atoms with Gasteiger partial charge in [-0.15, -0.1) is 0 Å². The first-order chi connectivity index (χ1) is 30.5. The molecule has 0 rings (SSSR count). The van der Waals surface area contributed by atoms with E-state index in [2.05, 4.69) is 55.6 Å². The molecule has 62 heavy (non-hydrogen) atoms. The van der Waals surface area contributed by atoms with Crippen molar-refractivity contribution in [2.45, 2.75) is 283 Å². The average molecular weight is 870 g/mol. The largest absolute Gasteiger partial charge is 0.466 e. The molecule has 0 aliphatic rings. The topological polar surface area (TPSA) is 95.9 Å². The number of esters is 1. The molecule has 0 aromatic rings. The molecule has 0 radical (unpaired) electrons. The molecule has 362 valence electrons. The van der Waals surface area contributed by atoms with Gasteiger partial charge >= 0.3 is 5.97 Å². The van der Waals surface area contributed by atoms with Gasteiger partial charge in [-0.1, -0.05) is 210 Å². The molecule has 0 heterocycles. The van der Waals surface area contributed by atoms with Gasteiger partial charge in [-0.05, 0) is 96.3 Å². The standard InChI is InChI=1S/C56H103NO5/c1-3-5-7-9-11-13-15-17-19-21-22-24-28-32-36-40-44-48-54(59)53(52-58)57-55(60)49-45-41-37-33-29-26-27-31-35-39-43-47-51-62-56(61)50-46-42-38-34-30-25-23-20-18-16-14-12-10-8-6-4-2/h14,16,20,23,27,31,44,48,53-54,58-59H,3-13,15,17-19,21-22,24-26,28-30,32-43,45-47,49-52H2,1-2H3,(H,57,60)/b16-14-,23-20-,31-27-,48-44+. The van der Waals surface area contributed by atoms with Crippen molar-refractivity contribution in [3.63, 3.8) is 0 Å². The Balaban J connectivity index is 3.56. The van der Waals surface area contributed by atoms with Crippen molar-refractivity contribution < 1.29 is 24.5 Å². The summed E-state index contributed by atoms with van der Waals surface area (Å²) in [5, 5.41) is 23.1. The number of aliphatic hydroxyl groups is 2. The predicted molar refractivity (Wildman–Crippen MR) is 269 cm³/mol. The Morgan fingerprint density at radius 2 is 0.806 bits per heavy atom. The maximum atomic E-state index is 12.4. The van der Waals surface area contributed by atoms with Gasteiger partial charge in [-0.2, -0.15) is 0 Å². The van der Waals surface area contributed by atoms with E-state index in [1.807, 2.05) is 6.08 Å². The van der Waals surface area contributed by atoms with Crippen LogP contribution in [-0.4, -0.2) is 47.4 Å². The Labute approximate surface area is 385 Å². The van der Waals surface area contributed by atoms with Crippen LogP contribution in [0.15, 0.2) is 48.6 Å². The van der Waals surface area contributed by atoms with Crippen LogP contribution in [0.4, 0.5) is 0 Å². The molecule has 0 aliphatic carbocycles. The van der Waals surface area contributed by atoms with E-state index in [1.54, 1.807) is 6.08 Å². The van der Waals surface area contributed by atoms with Crippen LogP contribution in [0.5, 0.6) is 0 Å². The van der Waals surface area contributed by atoms with Crippen molar-refractivity contribution in [2.24, 2.45) is 0 Å². The van der Waals surface area contributed by atoms with Crippen LogP contribution in [0.3, 0.4) is 0 Å². The fourth-order valence-corrected chi connectivity index (χ4v) is 7.89. The summed E-state index contributed by atoms with van der Waals surface area (Å²) >= 11 is 0. The molecule has 0 aromatic carbocycles. The van der Waals surface area contributed by atoms with Crippen LogP contribution in [-0.2, 0) is 14.3 Å². The maximum Gasteiger partial charge on any atom is 0.305 e. The predicted octanol–water partition coefficient (Wildman–Crippen LogP) is 16.2. The first-order valence-electron chi connectivity index (χ1n) is 26.9. The molecular formula is C56H103NO5. The molecule has 3 N–H and O–H groups in total. The Morgan fingerprint density at radius 1 is 0.452 bits per heavy atom. The van der Waals surface area contributed by atoms with E-state index in [4.69, 9.17) is 4.74 Å². The molecule has 1 amide bonds. The number of hydrogen-bond donors (Lipinski definition) is 3. The molecule has 6 heteroatoms. The maximum absolute atomic E-state index is 12.4. The first-order valence-corrected chi connectivity index (χ1v) is 26.9. The zero-order chi connectivity index (χ0) is 45.1. The number of hydrogen-bond acceptors (Lipinski definition) is 5. The molecule has 0 aromatic heterocycles. The summed E-state index contributed by atoms with van der Waals surface area (Å²) in [5.74, 6) is -0.133. The van der Waals surface area contributed by atoms with Crippen LogP contribution in [0, 0.1) is 0 Å². The van der Waals surface area contributed by atoms with Crippen molar-refractivity contribution in [3.05, 3.63) is 48.6 Å². The van der Waals surface area contributed by atoms with Crippen molar-refractivity contribution in [1.29, 1.82) is 0 Å². The lowest BCUT2D eigenvalue weighted by Crippen LogP contribution is -2.45. The van der Waals surface area contributed by atoms with Crippen LogP contribution >= 0.6 is 0 Å². The van der Waals surface area contributed by atoms with Crippen LogP contribution in [0.25, 0.3) is 0 Å². The minimum absolute atomic E-state index is 0.0384. The number of nitrogens with one attached hydrogen (secondary N) is 1. The second kappa shape index (κ2) is 51.5. The number of allylic oxidation sites excluding steroid dienone is 7. The van der Waals surface area contributed by atoms with Crippen molar-refractivity contribution in [2.75, 3.05) is 13.2 Å². The second-order valence-electron chi connectivity index (χ2n) is 18.2. The molecule has 0 bridgehead atoms. The van der Waals surface area contributed by atoms with E-state index in [0.717, 1.165) is 103 Å². The molecule has 2 unspecified atom stereocenters. The van der Waals surface area contributed by atoms with Gasteiger partial charge in [0.1, 0.15) is 0 Å². The summed E-state index contributed by atoms with van der Waals surface area (Å²) in [6.45, 7) is 4.82. The van der Waals surface area contributed by atoms with Gasteiger partial charge in [0.15, 0.2) is 0 Å². The van der Waals surface area contributed by atoms with Gasteiger partial charge in [-0.3, -0.25) is 9.59 Å². The second-order valence-corrected chi connectivity index (χ2v) is 18.2. The summed E-state index contributed by atoms with van der Waals surface area (Å²) < 4.78 is 5.44. The zero-order valence-electron chi connectivity index (χ0n) is 41.1. The summed E-state index contributed by atoms with van der Waals surface area (Å²) in [6.07, 6.45) is 64.0. The van der Waals surface area contributed by atoms with Gasteiger partial charge < -0.3 is 20.3 Å². The van der Waals surface area contributed by atoms with Gasteiger partial charge in [0.2, 0.25) is 5.91 Å². The number of ether oxygens (including phenoxy) is 1. The van der Waals surface area contributed by atoms with E-state index in [-0.39, 0.29) is 18.5 Å². The highest BCUT2D eigenvalue weighted by Crippen LogP contribution is 2.15. The normalized spacial score (nSPS) is 13.0. The molecule has 0 aliphatic heterocycles. The summed E-state index contributed by atoms with van der Waals surface area (Å²) in [4.78, 5) is 24.5. The third kappa shape index (κ3) is 47.3. The molecule has 6 nitrogen and oxygen atoms in total. The highest BCUT2D eigenvalue weighted by Gasteiger charge is 2.18. The van der Waals surface area contributed by atoms with Gasteiger partial charge in [0.05, 0.1) is 25.4 Å². The number of rotatable bonds is 49. The zero-order valence-corrected chi connectivity index (χ0v) is 41.1. The molecule has 0 spiro atoms. The average Bonchev–Trinajstić information content (AvgIpc) is 3.27. The third-order valence-electron chi connectivity index (χ3n) is 12.1. The lowest BCUT2D eigenvalue weighted by molar-refractivity contribution is -0.143. The summed E-state index contributed by atoms with van der Waals surface area (Å²) in [6, 6.07) is -0.648. The molecule has 0 fully saturated rings. The van der Waals surface area contributed by atoms with E-state index >= 15 is 0 Å². The Bertz CT molecular complexity index is 1050. The van der Waals surface area contributed by atoms with Gasteiger partial charge in [0, 0.05) is 12.8 Å². The van der Waals surface area contributed by atoms with Gasteiger partial charge in [0.25, 0.3) is 0 Å². The first kappa shape index (κ1) is 59.8. The minimum Gasteiger partial charge on any atom is -0.466 e. The Morgan fingerprint density at radius 3 is 1.26 bits per heavy atom. The third-order valence-corrected chi connectivity index (χ3v) is 12.1. The molecule has 0 saturated carbocycles. The van der Waals surface area contributed by atoms with Gasteiger partial charge in [-0.25, -0.2) is 0 Å². The van der Waals surface area contributed by atoms with Crippen LogP contribution < -0.4 is 5.32 Å². The van der Waals surface area contributed by atoms with Crippen LogP contribution in [0.1, 0.15) is 271 Å². The summed E-state index contributed by atoms with van der Waals surface area (Å²) in [7, 11) is 0. The van der Waals surface area contributed by atoms with E-state index in [1.165, 1.54) is 141 Å². The fraction of sp³-hybridized carbons (Fsp3) is 0.821. The number of carbonyl (C=O) groups is 2. The monoisotopic (exact) mass is 870 g/mol. The van der Waals surface area contributed by atoms with Crippen molar-refractivity contribution in [3.8, 4) is 0 Å². The number of carbonyl (C=O) groups excluding carboxylic acids is 2. The molecule has 2 atom stereocenters. The lowest BCUT2D eigenvalue weighted by atomic mass is 10.0.